The van der Waals surface area contributed by atoms with E-state index in [1.807, 2.05) is 0 Å². The maximum Gasteiger partial charge on any atom is 0.233 e. The highest BCUT2D eigenvalue weighted by Gasteiger charge is 2.17. The highest BCUT2D eigenvalue weighted by atomic mass is 32.2. The number of sulfone groups is 1. The second-order valence-corrected chi connectivity index (χ2v) is 8.63. The first kappa shape index (κ1) is 15.8. The van der Waals surface area contributed by atoms with Crippen LogP contribution in [-0.4, -0.2) is 39.7 Å². The first-order valence-corrected chi connectivity index (χ1v) is 9.20. The summed E-state index contributed by atoms with van der Waals surface area (Å²) >= 11 is 0. The third-order valence-electron chi connectivity index (χ3n) is 2.43. The van der Waals surface area contributed by atoms with Gasteiger partial charge in [-0.3, -0.25) is 4.72 Å². The zero-order valence-electron chi connectivity index (χ0n) is 11.0. The Morgan fingerprint density at radius 3 is 2.21 bits per heavy atom. The standard InChI is InChI=1S/C11H17NO5S2/c1-8-6-9(2)11(13)10(7-8)12-19(16,17)5-4-18(3,14)15/h6-7,12-13H,4-5H2,1-3H3. The summed E-state index contributed by atoms with van der Waals surface area (Å²) in [6, 6.07) is 3.20. The van der Waals surface area contributed by atoms with Crippen molar-refractivity contribution in [1.82, 2.24) is 0 Å². The maximum absolute atomic E-state index is 11.7. The van der Waals surface area contributed by atoms with Gasteiger partial charge in [0.2, 0.25) is 10.0 Å². The van der Waals surface area contributed by atoms with Crippen molar-refractivity contribution in [2.24, 2.45) is 0 Å². The average Bonchev–Trinajstić information content (AvgIpc) is 2.21. The van der Waals surface area contributed by atoms with Gasteiger partial charge in [0.25, 0.3) is 0 Å². The van der Waals surface area contributed by atoms with E-state index in [-0.39, 0.29) is 11.4 Å². The van der Waals surface area contributed by atoms with Crippen LogP contribution in [0.1, 0.15) is 11.1 Å². The summed E-state index contributed by atoms with van der Waals surface area (Å²) in [5.74, 6) is -1.17. The van der Waals surface area contributed by atoms with Gasteiger partial charge in [-0.2, -0.15) is 0 Å². The van der Waals surface area contributed by atoms with E-state index in [0.717, 1.165) is 11.8 Å². The van der Waals surface area contributed by atoms with Crippen molar-refractivity contribution >= 4 is 25.5 Å². The van der Waals surface area contributed by atoms with E-state index in [4.69, 9.17) is 0 Å². The Kier molecular flexibility index (Phi) is 4.46. The Balaban J connectivity index is 2.96. The molecule has 8 heteroatoms. The Labute approximate surface area is 113 Å². The van der Waals surface area contributed by atoms with Crippen LogP contribution in [0.3, 0.4) is 0 Å². The molecule has 0 amide bonds. The van der Waals surface area contributed by atoms with E-state index < -0.39 is 31.4 Å². The van der Waals surface area contributed by atoms with Crippen molar-refractivity contribution in [3.05, 3.63) is 23.3 Å². The number of nitrogens with one attached hydrogen (secondary N) is 1. The van der Waals surface area contributed by atoms with E-state index in [1.165, 1.54) is 6.07 Å². The summed E-state index contributed by atoms with van der Waals surface area (Å²) in [4.78, 5) is 0. The summed E-state index contributed by atoms with van der Waals surface area (Å²) in [6.07, 6.45) is 0.969. The highest BCUT2D eigenvalue weighted by molar-refractivity contribution is 7.95. The molecule has 0 atom stereocenters. The molecule has 0 fully saturated rings. The van der Waals surface area contributed by atoms with Gasteiger partial charge < -0.3 is 5.11 Å². The largest absolute Gasteiger partial charge is 0.505 e. The van der Waals surface area contributed by atoms with Crippen LogP contribution in [0.25, 0.3) is 0 Å². The fraction of sp³-hybridized carbons (Fsp3) is 0.455. The van der Waals surface area contributed by atoms with Crippen molar-refractivity contribution in [3.63, 3.8) is 0 Å². The lowest BCUT2D eigenvalue weighted by Crippen LogP contribution is -2.22. The van der Waals surface area contributed by atoms with Gasteiger partial charge in [0, 0.05) is 6.26 Å². The third-order valence-corrected chi connectivity index (χ3v) is 4.91. The molecule has 0 aliphatic carbocycles. The minimum absolute atomic E-state index is 0.0611. The normalized spacial score (nSPS) is 12.4. The van der Waals surface area contributed by atoms with Crippen molar-refractivity contribution in [2.75, 3.05) is 22.5 Å². The Morgan fingerprint density at radius 1 is 1.11 bits per heavy atom. The molecule has 0 aliphatic rings. The van der Waals surface area contributed by atoms with Crippen molar-refractivity contribution < 1.29 is 21.9 Å². The van der Waals surface area contributed by atoms with Gasteiger partial charge in [-0.25, -0.2) is 16.8 Å². The summed E-state index contributed by atoms with van der Waals surface area (Å²) in [5, 5.41) is 9.77. The maximum atomic E-state index is 11.7. The molecule has 1 aromatic carbocycles. The summed E-state index contributed by atoms with van der Waals surface area (Å²) in [7, 11) is -7.17. The van der Waals surface area contributed by atoms with Crippen molar-refractivity contribution in [1.29, 1.82) is 0 Å². The fourth-order valence-corrected chi connectivity index (χ4v) is 4.20. The summed E-state index contributed by atoms with van der Waals surface area (Å²) in [5.41, 5.74) is 1.39. The fourth-order valence-electron chi connectivity index (χ4n) is 1.52. The first-order valence-electron chi connectivity index (χ1n) is 5.48. The van der Waals surface area contributed by atoms with Crippen LogP contribution in [0.5, 0.6) is 5.75 Å². The molecule has 0 heterocycles. The van der Waals surface area contributed by atoms with Gasteiger partial charge in [-0.15, -0.1) is 0 Å². The number of anilines is 1. The van der Waals surface area contributed by atoms with Crippen LogP contribution in [0.15, 0.2) is 12.1 Å². The SMILES string of the molecule is Cc1cc(C)c(O)c(NS(=O)(=O)CCS(C)(=O)=O)c1. The number of hydrogen-bond donors (Lipinski definition) is 2. The second kappa shape index (κ2) is 5.38. The zero-order valence-corrected chi connectivity index (χ0v) is 12.6. The molecule has 0 aromatic heterocycles. The summed E-state index contributed by atoms with van der Waals surface area (Å²) < 4.78 is 47.6. The molecule has 0 aliphatic heterocycles. The van der Waals surface area contributed by atoms with Gasteiger partial charge in [-0.1, -0.05) is 6.07 Å². The number of aromatic hydroxyl groups is 1. The van der Waals surface area contributed by atoms with Gasteiger partial charge in [0.05, 0.1) is 17.2 Å². The number of sulfonamides is 1. The van der Waals surface area contributed by atoms with Crippen LogP contribution in [0, 0.1) is 13.8 Å². The monoisotopic (exact) mass is 307 g/mol. The van der Waals surface area contributed by atoms with Gasteiger partial charge in [0.15, 0.2) is 0 Å². The van der Waals surface area contributed by atoms with E-state index >= 15 is 0 Å². The predicted octanol–water partition coefficient (Wildman–Crippen LogP) is 0.795. The first-order chi connectivity index (χ1) is 8.50. The minimum atomic E-state index is -3.81. The molecule has 0 spiro atoms. The molecular formula is C11H17NO5S2. The topological polar surface area (TPSA) is 101 Å². The van der Waals surface area contributed by atoms with Crippen molar-refractivity contribution in [2.45, 2.75) is 13.8 Å². The third kappa shape index (κ3) is 5.07. The number of phenols is 1. The van der Waals surface area contributed by atoms with Crippen LogP contribution in [-0.2, 0) is 19.9 Å². The van der Waals surface area contributed by atoms with E-state index in [9.17, 15) is 21.9 Å². The molecule has 0 radical (unpaired) electrons. The molecule has 1 rings (SSSR count). The van der Waals surface area contributed by atoms with Crippen LogP contribution >= 0.6 is 0 Å². The lowest BCUT2D eigenvalue weighted by Gasteiger charge is -2.11. The second-order valence-electron chi connectivity index (χ2n) is 4.53. The van der Waals surface area contributed by atoms with Crippen molar-refractivity contribution in [3.8, 4) is 5.75 Å². The molecule has 19 heavy (non-hydrogen) atoms. The minimum Gasteiger partial charge on any atom is -0.505 e. The number of hydrogen-bond acceptors (Lipinski definition) is 5. The van der Waals surface area contributed by atoms with Gasteiger partial charge in [-0.05, 0) is 31.0 Å². The molecule has 6 nitrogen and oxygen atoms in total. The number of benzene rings is 1. The van der Waals surface area contributed by atoms with Gasteiger partial charge in [0.1, 0.15) is 15.6 Å². The smallest absolute Gasteiger partial charge is 0.233 e. The quantitative estimate of drug-likeness (QED) is 0.783. The van der Waals surface area contributed by atoms with Crippen LogP contribution in [0.2, 0.25) is 0 Å². The Morgan fingerprint density at radius 2 is 1.68 bits per heavy atom. The molecule has 108 valence electrons. The molecule has 0 saturated carbocycles. The number of aryl methyl sites for hydroxylation is 2. The molecule has 2 N–H and O–H groups in total. The number of phenolic OH excluding ortho intramolecular Hbond substituents is 1. The molecule has 1 aromatic rings. The number of rotatable bonds is 5. The zero-order chi connectivity index (χ0) is 14.8. The highest BCUT2D eigenvalue weighted by Crippen LogP contribution is 2.29. The molecular weight excluding hydrogens is 290 g/mol. The van der Waals surface area contributed by atoms with E-state index in [1.54, 1.807) is 19.9 Å². The predicted molar refractivity (Wildman–Crippen MR) is 74.7 cm³/mol. The van der Waals surface area contributed by atoms with Crippen LogP contribution < -0.4 is 4.72 Å². The van der Waals surface area contributed by atoms with E-state index in [0.29, 0.717) is 5.56 Å². The lowest BCUT2D eigenvalue weighted by atomic mass is 10.1. The Bertz CT molecular complexity index is 677. The summed E-state index contributed by atoms with van der Waals surface area (Å²) in [6.45, 7) is 3.41. The lowest BCUT2D eigenvalue weighted by molar-refractivity contribution is 0.473. The van der Waals surface area contributed by atoms with E-state index in [2.05, 4.69) is 4.72 Å². The average molecular weight is 307 g/mol. The molecule has 0 unspecified atom stereocenters. The molecule has 0 bridgehead atoms. The van der Waals surface area contributed by atoms with Gasteiger partial charge >= 0.3 is 0 Å². The van der Waals surface area contributed by atoms with Crippen LogP contribution in [0.4, 0.5) is 5.69 Å². The Hall–Kier alpha value is -1.28. The molecule has 0 saturated heterocycles.